The first kappa shape index (κ1) is 29.5. The molecular formula is C32H41NO8. The topological polar surface area (TPSA) is 104 Å². The van der Waals surface area contributed by atoms with Crippen molar-refractivity contribution in [1.29, 1.82) is 0 Å². The molecule has 3 aliphatic rings. The lowest BCUT2D eigenvalue weighted by atomic mass is 9.98. The molecule has 0 aromatic heterocycles. The van der Waals surface area contributed by atoms with E-state index in [1.807, 2.05) is 31.2 Å². The Morgan fingerprint density at radius 1 is 0.951 bits per heavy atom. The second-order valence-electron chi connectivity index (χ2n) is 11.0. The molecule has 222 valence electrons. The predicted octanol–water partition coefficient (Wildman–Crippen LogP) is 5.56. The summed E-state index contributed by atoms with van der Waals surface area (Å²) in [7, 11) is 0. The molecule has 5 rings (SSSR count). The first-order valence-electron chi connectivity index (χ1n) is 14.9. The second-order valence-corrected chi connectivity index (χ2v) is 11.0. The van der Waals surface area contributed by atoms with Gasteiger partial charge >= 0.3 is 12.1 Å². The Hall–Kier alpha value is -2.98. The Kier molecular flexibility index (Phi) is 10.3. The number of carbonyl (C=O) groups is 2. The molecule has 4 atom stereocenters. The molecule has 2 heterocycles. The van der Waals surface area contributed by atoms with Crippen LogP contribution in [-0.2, 0) is 28.5 Å². The number of aliphatic carboxylic acids is 1. The van der Waals surface area contributed by atoms with Crippen molar-refractivity contribution in [1.82, 2.24) is 4.90 Å². The fourth-order valence-corrected chi connectivity index (χ4v) is 5.92. The van der Waals surface area contributed by atoms with Crippen molar-refractivity contribution in [3.63, 3.8) is 0 Å². The minimum atomic E-state index is -1.24. The summed E-state index contributed by atoms with van der Waals surface area (Å²) >= 11 is 0. The molecule has 41 heavy (non-hydrogen) atoms. The summed E-state index contributed by atoms with van der Waals surface area (Å²) in [6, 6.07) is 15.0. The van der Waals surface area contributed by atoms with Gasteiger partial charge in [-0.1, -0.05) is 48.5 Å². The van der Waals surface area contributed by atoms with Crippen LogP contribution in [0, 0.1) is 0 Å². The minimum absolute atomic E-state index is 0.0960. The SMILES string of the molecule is C[C@H](CCOCC(C(=O)O)N(C(=O)OCC1c2ccccc2-c2ccccc21)C1CCCCO1)OC1CCCCO1. The minimum Gasteiger partial charge on any atom is -0.480 e. The van der Waals surface area contributed by atoms with Crippen LogP contribution in [0.4, 0.5) is 4.79 Å². The van der Waals surface area contributed by atoms with E-state index in [1.165, 1.54) is 4.90 Å². The molecule has 1 amide bonds. The Labute approximate surface area is 241 Å². The summed E-state index contributed by atoms with van der Waals surface area (Å²) in [5, 5.41) is 10.2. The van der Waals surface area contributed by atoms with Crippen molar-refractivity contribution in [3.8, 4) is 11.1 Å². The number of carboxylic acids is 1. The molecule has 1 aliphatic carbocycles. The van der Waals surface area contributed by atoms with E-state index in [9.17, 15) is 14.7 Å². The third kappa shape index (κ3) is 7.27. The molecule has 0 spiro atoms. The summed E-state index contributed by atoms with van der Waals surface area (Å²) in [4.78, 5) is 27.3. The maximum Gasteiger partial charge on any atom is 0.412 e. The fourth-order valence-electron chi connectivity index (χ4n) is 5.92. The summed E-state index contributed by atoms with van der Waals surface area (Å²) in [6.07, 6.45) is 4.16. The summed E-state index contributed by atoms with van der Waals surface area (Å²) in [5.41, 5.74) is 4.44. The maximum absolute atomic E-state index is 13.6. The number of ether oxygens (including phenoxy) is 5. The number of rotatable bonds is 12. The van der Waals surface area contributed by atoms with Crippen molar-refractivity contribution < 1.29 is 38.4 Å². The van der Waals surface area contributed by atoms with Gasteiger partial charge in [0.2, 0.25) is 0 Å². The largest absolute Gasteiger partial charge is 0.480 e. The zero-order valence-electron chi connectivity index (χ0n) is 23.7. The van der Waals surface area contributed by atoms with Gasteiger partial charge < -0.3 is 28.8 Å². The van der Waals surface area contributed by atoms with Gasteiger partial charge in [-0.2, -0.15) is 0 Å². The number of benzene rings is 2. The third-order valence-electron chi connectivity index (χ3n) is 8.10. The van der Waals surface area contributed by atoms with Crippen molar-refractivity contribution in [2.75, 3.05) is 33.0 Å². The van der Waals surface area contributed by atoms with Crippen molar-refractivity contribution >= 4 is 12.1 Å². The highest BCUT2D eigenvalue weighted by Gasteiger charge is 2.39. The van der Waals surface area contributed by atoms with Crippen LogP contribution in [0.1, 0.15) is 68.9 Å². The lowest BCUT2D eigenvalue weighted by molar-refractivity contribution is -0.187. The van der Waals surface area contributed by atoms with Crippen LogP contribution in [0.15, 0.2) is 48.5 Å². The Bertz CT molecular complexity index is 1110. The van der Waals surface area contributed by atoms with Gasteiger partial charge in [0, 0.05) is 25.7 Å². The normalized spacial score (nSPS) is 21.9. The monoisotopic (exact) mass is 567 g/mol. The molecule has 9 heteroatoms. The lowest BCUT2D eigenvalue weighted by Crippen LogP contribution is -2.54. The lowest BCUT2D eigenvalue weighted by Gasteiger charge is -2.37. The van der Waals surface area contributed by atoms with Crippen molar-refractivity contribution in [2.45, 2.75) is 82.5 Å². The van der Waals surface area contributed by atoms with Gasteiger partial charge in [-0.15, -0.1) is 0 Å². The molecule has 2 aliphatic heterocycles. The van der Waals surface area contributed by atoms with E-state index >= 15 is 0 Å². The molecule has 2 aromatic carbocycles. The molecule has 2 saturated heterocycles. The van der Waals surface area contributed by atoms with E-state index in [4.69, 9.17) is 23.7 Å². The molecule has 0 saturated carbocycles. The maximum atomic E-state index is 13.6. The summed E-state index contributed by atoms with van der Waals surface area (Å²) in [6.45, 7) is 3.34. The van der Waals surface area contributed by atoms with Crippen LogP contribution in [0.3, 0.4) is 0 Å². The van der Waals surface area contributed by atoms with Gasteiger partial charge in [-0.3, -0.25) is 4.90 Å². The van der Waals surface area contributed by atoms with Crippen LogP contribution >= 0.6 is 0 Å². The van der Waals surface area contributed by atoms with Gasteiger partial charge in [0.15, 0.2) is 12.3 Å². The zero-order valence-corrected chi connectivity index (χ0v) is 23.7. The van der Waals surface area contributed by atoms with Crippen LogP contribution in [0.25, 0.3) is 11.1 Å². The van der Waals surface area contributed by atoms with E-state index in [2.05, 4.69) is 24.3 Å². The molecule has 0 radical (unpaired) electrons. The number of nitrogens with zero attached hydrogens (tertiary/aromatic N) is 1. The van der Waals surface area contributed by atoms with Gasteiger partial charge in [0.25, 0.3) is 0 Å². The number of hydrogen-bond donors (Lipinski definition) is 1. The Morgan fingerprint density at radius 2 is 1.61 bits per heavy atom. The fraction of sp³-hybridized carbons (Fsp3) is 0.562. The molecule has 0 bridgehead atoms. The zero-order chi connectivity index (χ0) is 28.6. The standard InChI is InChI=1S/C32H41NO8/c1-22(41-30-15-7-9-18-39-30)16-19-37-21-28(31(34)35)33(29-14-6-8-17-38-29)32(36)40-20-27-25-12-4-2-10-23(25)24-11-3-5-13-26(24)27/h2-5,10-13,22,27-30H,6-9,14-21H2,1H3,(H,34,35)/t22-,28?,29?,30?/m1/s1. The first-order valence-corrected chi connectivity index (χ1v) is 14.9. The quantitative estimate of drug-likeness (QED) is 0.333. The average Bonchev–Trinajstić information content (AvgIpc) is 3.32. The number of amides is 1. The molecular weight excluding hydrogens is 526 g/mol. The number of carboxylic acid groups (broad SMARTS) is 1. The predicted molar refractivity (Wildman–Crippen MR) is 151 cm³/mol. The molecule has 9 nitrogen and oxygen atoms in total. The molecule has 3 unspecified atom stereocenters. The van der Waals surface area contributed by atoms with Crippen LogP contribution in [0.2, 0.25) is 0 Å². The van der Waals surface area contributed by atoms with Gasteiger partial charge in [-0.25, -0.2) is 9.59 Å². The van der Waals surface area contributed by atoms with Crippen LogP contribution in [0.5, 0.6) is 0 Å². The van der Waals surface area contributed by atoms with E-state index in [0.29, 0.717) is 32.7 Å². The molecule has 2 fully saturated rings. The summed E-state index contributed by atoms with van der Waals surface area (Å²) < 4.78 is 29.1. The van der Waals surface area contributed by atoms with Gasteiger partial charge in [0.1, 0.15) is 12.8 Å². The highest BCUT2D eigenvalue weighted by atomic mass is 16.7. The van der Waals surface area contributed by atoms with Gasteiger partial charge in [0.05, 0.1) is 12.7 Å². The van der Waals surface area contributed by atoms with E-state index in [-0.39, 0.29) is 31.5 Å². The Morgan fingerprint density at radius 3 is 2.22 bits per heavy atom. The molecule has 1 N–H and O–H groups in total. The summed E-state index contributed by atoms with van der Waals surface area (Å²) in [5.74, 6) is -1.29. The second kappa shape index (κ2) is 14.3. The Balaban J connectivity index is 1.22. The van der Waals surface area contributed by atoms with E-state index in [0.717, 1.165) is 54.4 Å². The highest BCUT2D eigenvalue weighted by Crippen LogP contribution is 2.44. The molecule has 2 aromatic rings. The van der Waals surface area contributed by atoms with Crippen molar-refractivity contribution in [3.05, 3.63) is 59.7 Å². The van der Waals surface area contributed by atoms with Crippen molar-refractivity contribution in [2.24, 2.45) is 0 Å². The smallest absolute Gasteiger partial charge is 0.412 e. The first-order chi connectivity index (χ1) is 20.0. The number of hydrogen-bond acceptors (Lipinski definition) is 7. The van der Waals surface area contributed by atoms with Crippen LogP contribution < -0.4 is 0 Å². The average molecular weight is 568 g/mol. The van der Waals surface area contributed by atoms with Crippen LogP contribution in [-0.4, -0.2) is 79.8 Å². The third-order valence-corrected chi connectivity index (χ3v) is 8.10. The van der Waals surface area contributed by atoms with Gasteiger partial charge in [-0.05, 0) is 74.1 Å². The highest BCUT2D eigenvalue weighted by molar-refractivity contribution is 5.81. The number of fused-ring (bicyclic) bond motifs is 3. The van der Waals surface area contributed by atoms with E-state index in [1.54, 1.807) is 0 Å². The van der Waals surface area contributed by atoms with E-state index < -0.39 is 24.3 Å². The number of carbonyl (C=O) groups excluding carboxylic acids is 1.